The van der Waals surface area contributed by atoms with E-state index in [-0.39, 0.29) is 17.4 Å². The molecule has 1 aromatic rings. The Bertz CT molecular complexity index is 712. The van der Waals surface area contributed by atoms with E-state index in [0.29, 0.717) is 31.9 Å². The van der Waals surface area contributed by atoms with Gasteiger partial charge in [-0.2, -0.15) is 4.31 Å². The van der Waals surface area contributed by atoms with Gasteiger partial charge in [-0.15, -0.1) is 13.2 Å². The Morgan fingerprint density at radius 1 is 1.08 bits per heavy atom. The van der Waals surface area contributed by atoms with Crippen LogP contribution in [0.5, 0.6) is 5.75 Å². The van der Waals surface area contributed by atoms with E-state index in [1.807, 2.05) is 0 Å². The van der Waals surface area contributed by atoms with Crippen molar-refractivity contribution in [3.63, 3.8) is 0 Å². The number of piperidine rings is 1. The molecule has 1 heterocycles. The van der Waals surface area contributed by atoms with Gasteiger partial charge in [0, 0.05) is 26.2 Å². The number of hydrogen-bond acceptors (Lipinski definition) is 4. The molecule has 1 aromatic carbocycles. The molecule has 26 heavy (non-hydrogen) atoms. The SMILES string of the molecule is C=CCN(CC=C)C(=O)COc1ccc(S(=O)(=O)N2CCCCC2)cc1. The van der Waals surface area contributed by atoms with Crippen LogP contribution >= 0.6 is 0 Å². The number of carbonyl (C=O) groups is 1. The molecule has 1 aliphatic heterocycles. The van der Waals surface area contributed by atoms with Crippen LogP contribution in [0.1, 0.15) is 19.3 Å². The molecule has 1 amide bonds. The Kier molecular flexibility index (Phi) is 7.41. The van der Waals surface area contributed by atoms with Gasteiger partial charge in [-0.25, -0.2) is 8.42 Å². The second-order valence-electron chi connectivity index (χ2n) is 6.10. The maximum absolute atomic E-state index is 12.6. The minimum Gasteiger partial charge on any atom is -0.484 e. The van der Waals surface area contributed by atoms with Crippen molar-refractivity contribution >= 4 is 15.9 Å². The first kappa shape index (κ1) is 20.2. The lowest BCUT2D eigenvalue weighted by atomic mass is 10.2. The highest BCUT2D eigenvalue weighted by Gasteiger charge is 2.25. The summed E-state index contributed by atoms with van der Waals surface area (Å²) in [4.78, 5) is 13.9. The summed E-state index contributed by atoms with van der Waals surface area (Å²) in [6.45, 7) is 9.09. The van der Waals surface area contributed by atoms with Crippen LogP contribution in [0.25, 0.3) is 0 Å². The van der Waals surface area contributed by atoms with Crippen molar-refractivity contribution < 1.29 is 17.9 Å². The van der Waals surface area contributed by atoms with E-state index in [4.69, 9.17) is 4.74 Å². The van der Waals surface area contributed by atoms with E-state index in [2.05, 4.69) is 13.2 Å². The molecule has 0 saturated carbocycles. The average molecular weight is 378 g/mol. The normalized spacial score (nSPS) is 15.2. The van der Waals surface area contributed by atoms with E-state index in [1.54, 1.807) is 29.2 Å². The van der Waals surface area contributed by atoms with Crippen molar-refractivity contribution in [2.45, 2.75) is 24.2 Å². The predicted molar refractivity (Wildman–Crippen MR) is 102 cm³/mol. The van der Waals surface area contributed by atoms with Crippen molar-refractivity contribution in [2.75, 3.05) is 32.8 Å². The second kappa shape index (κ2) is 9.54. The van der Waals surface area contributed by atoms with Crippen LogP contribution in [0.4, 0.5) is 0 Å². The van der Waals surface area contributed by atoms with Gasteiger partial charge in [0.15, 0.2) is 6.61 Å². The van der Waals surface area contributed by atoms with Gasteiger partial charge in [0.25, 0.3) is 5.91 Å². The fraction of sp³-hybridized carbons (Fsp3) is 0.421. The standard InChI is InChI=1S/C19H26N2O4S/c1-3-12-20(13-4-2)19(22)16-25-17-8-10-18(11-9-17)26(23,24)21-14-6-5-7-15-21/h3-4,8-11H,1-2,5-7,12-16H2. The third-order valence-corrected chi connectivity index (χ3v) is 6.10. The lowest BCUT2D eigenvalue weighted by Crippen LogP contribution is -2.35. The van der Waals surface area contributed by atoms with Gasteiger partial charge in [0.2, 0.25) is 10.0 Å². The second-order valence-corrected chi connectivity index (χ2v) is 8.04. The fourth-order valence-corrected chi connectivity index (χ4v) is 4.31. The largest absolute Gasteiger partial charge is 0.484 e. The van der Waals surface area contributed by atoms with Gasteiger partial charge >= 0.3 is 0 Å². The van der Waals surface area contributed by atoms with Crippen molar-refractivity contribution in [3.05, 3.63) is 49.6 Å². The van der Waals surface area contributed by atoms with E-state index >= 15 is 0 Å². The monoisotopic (exact) mass is 378 g/mol. The van der Waals surface area contributed by atoms with Gasteiger partial charge in [0.1, 0.15) is 5.75 Å². The molecular weight excluding hydrogens is 352 g/mol. The average Bonchev–Trinajstić information content (AvgIpc) is 2.67. The molecule has 0 aliphatic carbocycles. The highest BCUT2D eigenvalue weighted by Crippen LogP contribution is 2.22. The molecule has 142 valence electrons. The highest BCUT2D eigenvalue weighted by atomic mass is 32.2. The zero-order valence-corrected chi connectivity index (χ0v) is 15.8. The van der Waals surface area contributed by atoms with Gasteiger partial charge < -0.3 is 9.64 Å². The highest BCUT2D eigenvalue weighted by molar-refractivity contribution is 7.89. The molecule has 0 radical (unpaired) electrons. The quantitative estimate of drug-likeness (QED) is 0.619. The summed E-state index contributed by atoms with van der Waals surface area (Å²) in [6.07, 6.45) is 6.15. The Balaban J connectivity index is 1.97. The van der Waals surface area contributed by atoms with Crippen LogP contribution in [0, 0.1) is 0 Å². The van der Waals surface area contributed by atoms with Crippen LogP contribution in [0.3, 0.4) is 0 Å². The molecule has 0 aromatic heterocycles. The number of carbonyl (C=O) groups excluding carboxylic acids is 1. The van der Waals surface area contributed by atoms with Gasteiger partial charge in [-0.1, -0.05) is 18.6 Å². The molecule has 0 atom stereocenters. The van der Waals surface area contributed by atoms with E-state index in [9.17, 15) is 13.2 Å². The number of sulfonamides is 1. The summed E-state index contributed by atoms with van der Waals surface area (Å²) < 4.78 is 32.2. The number of ether oxygens (including phenoxy) is 1. The zero-order chi connectivity index (χ0) is 19.0. The Morgan fingerprint density at radius 2 is 1.65 bits per heavy atom. The first-order valence-electron chi connectivity index (χ1n) is 8.71. The lowest BCUT2D eigenvalue weighted by molar-refractivity contribution is -0.132. The third-order valence-electron chi connectivity index (χ3n) is 4.19. The van der Waals surface area contributed by atoms with Crippen LogP contribution in [0.15, 0.2) is 54.5 Å². The molecular formula is C19H26N2O4S. The minimum absolute atomic E-state index is 0.125. The summed E-state index contributed by atoms with van der Waals surface area (Å²) >= 11 is 0. The Labute approximate surface area is 155 Å². The molecule has 0 spiro atoms. The molecule has 0 unspecified atom stereocenters. The number of rotatable bonds is 9. The van der Waals surface area contributed by atoms with E-state index < -0.39 is 10.0 Å². The number of nitrogens with zero attached hydrogens (tertiary/aromatic N) is 2. The van der Waals surface area contributed by atoms with Gasteiger partial charge in [-0.3, -0.25) is 4.79 Å². The molecule has 6 nitrogen and oxygen atoms in total. The minimum atomic E-state index is -3.46. The molecule has 1 aliphatic rings. The van der Waals surface area contributed by atoms with Crippen molar-refractivity contribution in [1.29, 1.82) is 0 Å². The molecule has 1 fully saturated rings. The van der Waals surface area contributed by atoms with Crippen molar-refractivity contribution in [1.82, 2.24) is 9.21 Å². The lowest BCUT2D eigenvalue weighted by Gasteiger charge is -2.25. The maximum atomic E-state index is 12.6. The van der Waals surface area contributed by atoms with E-state index in [0.717, 1.165) is 19.3 Å². The van der Waals surface area contributed by atoms with Crippen LogP contribution < -0.4 is 4.74 Å². The van der Waals surface area contributed by atoms with E-state index in [1.165, 1.54) is 16.4 Å². The summed E-state index contributed by atoms with van der Waals surface area (Å²) in [5, 5.41) is 0. The first-order valence-corrected chi connectivity index (χ1v) is 10.2. The zero-order valence-electron chi connectivity index (χ0n) is 15.0. The van der Waals surface area contributed by atoms with Crippen LogP contribution in [-0.4, -0.2) is 56.3 Å². The molecule has 2 rings (SSSR count). The van der Waals surface area contributed by atoms with Crippen molar-refractivity contribution in [3.8, 4) is 5.75 Å². The summed E-state index contributed by atoms with van der Waals surface area (Å²) in [5.41, 5.74) is 0. The molecule has 0 N–H and O–H groups in total. The fourth-order valence-electron chi connectivity index (χ4n) is 2.79. The van der Waals surface area contributed by atoms with Gasteiger partial charge in [-0.05, 0) is 37.1 Å². The summed E-state index contributed by atoms with van der Waals surface area (Å²) in [7, 11) is -3.46. The smallest absolute Gasteiger partial charge is 0.261 e. The number of benzene rings is 1. The Morgan fingerprint density at radius 3 is 2.19 bits per heavy atom. The van der Waals surface area contributed by atoms with Crippen LogP contribution in [-0.2, 0) is 14.8 Å². The topological polar surface area (TPSA) is 66.9 Å². The molecule has 1 saturated heterocycles. The molecule has 0 bridgehead atoms. The Hall–Kier alpha value is -2.12. The predicted octanol–water partition coefficient (Wildman–Crippen LogP) is 2.44. The van der Waals surface area contributed by atoms with Crippen LogP contribution in [0.2, 0.25) is 0 Å². The van der Waals surface area contributed by atoms with Crippen molar-refractivity contribution in [2.24, 2.45) is 0 Å². The molecule has 7 heteroatoms. The summed E-state index contributed by atoms with van der Waals surface area (Å²) in [5.74, 6) is 0.267. The van der Waals surface area contributed by atoms with Gasteiger partial charge in [0.05, 0.1) is 4.90 Å². The third kappa shape index (κ3) is 5.19. The summed E-state index contributed by atoms with van der Waals surface area (Å²) in [6, 6.07) is 6.20. The number of hydrogen-bond donors (Lipinski definition) is 0. The maximum Gasteiger partial charge on any atom is 0.261 e. The number of amides is 1. The first-order chi connectivity index (χ1) is 12.5.